The summed E-state index contributed by atoms with van der Waals surface area (Å²) in [6.07, 6.45) is 4.64. The summed E-state index contributed by atoms with van der Waals surface area (Å²) < 4.78 is 33.2. The molecule has 2 aromatic carbocycles. The summed E-state index contributed by atoms with van der Waals surface area (Å²) in [4.78, 5) is 12.6. The lowest BCUT2D eigenvalue weighted by Gasteiger charge is -2.26. The Morgan fingerprint density at radius 2 is 1.77 bits per heavy atom. The third kappa shape index (κ3) is 6.89. The zero-order valence-corrected chi connectivity index (χ0v) is 19.0. The van der Waals surface area contributed by atoms with E-state index in [0.717, 1.165) is 25.7 Å². The molecule has 0 atom stereocenters. The standard InChI is InChI=1S/C24H32N2O4S/c1-20-12-13-22(19-23(20)31(28,29)26-15-6-3-7-16-26)25-24(27)11-8-17-30-18-14-21-9-4-2-5-10-21/h2,4-5,9-10,12-13,19H,3,6-8,11,14-18H2,1H3,(H,25,27). The Morgan fingerprint density at radius 3 is 2.52 bits per heavy atom. The molecule has 0 radical (unpaired) electrons. The number of carbonyl (C=O) groups is 1. The second kappa shape index (κ2) is 11.4. The van der Waals surface area contributed by atoms with E-state index in [1.54, 1.807) is 29.4 Å². The van der Waals surface area contributed by atoms with Gasteiger partial charge in [-0.3, -0.25) is 4.79 Å². The molecule has 0 aliphatic carbocycles. The summed E-state index contributed by atoms with van der Waals surface area (Å²) in [6.45, 7) is 4.05. The van der Waals surface area contributed by atoms with Gasteiger partial charge in [-0.25, -0.2) is 8.42 Å². The molecule has 1 N–H and O–H groups in total. The number of sulfonamides is 1. The lowest BCUT2D eigenvalue weighted by molar-refractivity contribution is -0.116. The Balaban J connectivity index is 1.46. The van der Waals surface area contributed by atoms with Crippen LogP contribution in [0.15, 0.2) is 53.4 Å². The maximum atomic E-state index is 13.0. The lowest BCUT2D eigenvalue weighted by atomic mass is 10.2. The van der Waals surface area contributed by atoms with Crippen molar-refractivity contribution >= 4 is 21.6 Å². The first-order chi connectivity index (χ1) is 15.0. The molecule has 2 aromatic rings. The molecule has 0 spiro atoms. The number of anilines is 1. The predicted molar refractivity (Wildman–Crippen MR) is 123 cm³/mol. The monoisotopic (exact) mass is 444 g/mol. The number of amides is 1. The summed E-state index contributed by atoms with van der Waals surface area (Å²) in [5.74, 6) is -0.142. The summed E-state index contributed by atoms with van der Waals surface area (Å²) in [5, 5.41) is 2.82. The molecule has 0 aromatic heterocycles. The number of hydrogen-bond donors (Lipinski definition) is 1. The van der Waals surface area contributed by atoms with Gasteiger partial charge >= 0.3 is 0 Å². The minimum absolute atomic E-state index is 0.142. The molecule has 1 amide bonds. The van der Waals surface area contributed by atoms with E-state index in [1.807, 2.05) is 18.2 Å². The van der Waals surface area contributed by atoms with Crippen LogP contribution >= 0.6 is 0 Å². The van der Waals surface area contributed by atoms with E-state index >= 15 is 0 Å². The zero-order valence-electron chi connectivity index (χ0n) is 18.2. The molecule has 1 fully saturated rings. The SMILES string of the molecule is Cc1ccc(NC(=O)CCCOCCc2ccccc2)cc1S(=O)(=O)N1CCCCC1. The molecule has 7 heteroatoms. The van der Waals surface area contributed by atoms with Crippen LogP contribution in [0.25, 0.3) is 0 Å². The van der Waals surface area contributed by atoms with E-state index in [4.69, 9.17) is 4.74 Å². The fraction of sp³-hybridized carbons (Fsp3) is 0.458. The average Bonchev–Trinajstić information content (AvgIpc) is 2.78. The largest absolute Gasteiger partial charge is 0.381 e. The van der Waals surface area contributed by atoms with Gasteiger partial charge in [0.15, 0.2) is 0 Å². The second-order valence-electron chi connectivity index (χ2n) is 7.94. The van der Waals surface area contributed by atoms with Crippen molar-refractivity contribution in [1.29, 1.82) is 0 Å². The van der Waals surface area contributed by atoms with Gasteiger partial charge in [-0.1, -0.05) is 42.8 Å². The third-order valence-corrected chi connectivity index (χ3v) is 7.52. The fourth-order valence-electron chi connectivity index (χ4n) is 3.70. The van der Waals surface area contributed by atoms with Crippen LogP contribution in [-0.2, 0) is 26.0 Å². The van der Waals surface area contributed by atoms with Crippen LogP contribution in [0.2, 0.25) is 0 Å². The molecule has 1 saturated heterocycles. The molecule has 31 heavy (non-hydrogen) atoms. The quantitative estimate of drug-likeness (QED) is 0.559. The second-order valence-corrected chi connectivity index (χ2v) is 9.85. The number of carbonyl (C=O) groups excluding carboxylic acids is 1. The smallest absolute Gasteiger partial charge is 0.243 e. The van der Waals surface area contributed by atoms with Gasteiger partial charge in [0, 0.05) is 31.8 Å². The predicted octanol–water partition coefficient (Wildman–Crippen LogP) is 4.15. The van der Waals surface area contributed by atoms with E-state index in [1.165, 1.54) is 5.56 Å². The van der Waals surface area contributed by atoms with Crippen LogP contribution in [0.3, 0.4) is 0 Å². The van der Waals surface area contributed by atoms with Gasteiger partial charge < -0.3 is 10.1 Å². The molecular weight excluding hydrogens is 412 g/mol. The topological polar surface area (TPSA) is 75.7 Å². The summed E-state index contributed by atoms with van der Waals surface area (Å²) >= 11 is 0. The van der Waals surface area contributed by atoms with Gasteiger partial charge in [0.05, 0.1) is 11.5 Å². The van der Waals surface area contributed by atoms with Crippen LogP contribution in [-0.4, -0.2) is 44.9 Å². The number of nitrogens with zero attached hydrogens (tertiary/aromatic N) is 1. The van der Waals surface area contributed by atoms with Gasteiger partial charge in [0.2, 0.25) is 15.9 Å². The molecule has 1 aliphatic heterocycles. The van der Waals surface area contributed by atoms with Gasteiger partial charge in [0.25, 0.3) is 0 Å². The van der Waals surface area contributed by atoms with Crippen molar-refractivity contribution in [2.75, 3.05) is 31.6 Å². The van der Waals surface area contributed by atoms with Crippen LogP contribution in [0.5, 0.6) is 0 Å². The molecule has 1 aliphatic rings. The Kier molecular flexibility index (Phi) is 8.63. The zero-order chi connectivity index (χ0) is 22.1. The van der Waals surface area contributed by atoms with Crippen molar-refractivity contribution in [2.24, 2.45) is 0 Å². The highest BCUT2D eigenvalue weighted by Gasteiger charge is 2.27. The van der Waals surface area contributed by atoms with Crippen LogP contribution in [0.1, 0.15) is 43.2 Å². The Morgan fingerprint density at radius 1 is 1.03 bits per heavy atom. The summed E-state index contributed by atoms with van der Waals surface area (Å²) in [7, 11) is -3.54. The Bertz CT molecular complexity index is 955. The van der Waals surface area contributed by atoms with E-state index in [2.05, 4.69) is 17.4 Å². The van der Waals surface area contributed by atoms with Crippen LogP contribution in [0.4, 0.5) is 5.69 Å². The number of aryl methyl sites for hydroxylation is 1. The molecule has 1 heterocycles. The van der Waals surface area contributed by atoms with Crippen molar-refractivity contribution in [3.05, 3.63) is 59.7 Å². The molecule has 0 unspecified atom stereocenters. The van der Waals surface area contributed by atoms with Gasteiger partial charge in [-0.2, -0.15) is 4.31 Å². The molecule has 3 rings (SSSR count). The Labute approximate surface area is 185 Å². The van der Waals surface area contributed by atoms with Crippen LogP contribution in [0, 0.1) is 6.92 Å². The highest BCUT2D eigenvalue weighted by molar-refractivity contribution is 7.89. The normalized spacial score (nSPS) is 15.0. The van der Waals surface area contributed by atoms with E-state index in [9.17, 15) is 13.2 Å². The van der Waals surface area contributed by atoms with Gasteiger partial charge in [-0.05, 0) is 55.9 Å². The van der Waals surface area contributed by atoms with Crippen molar-refractivity contribution in [1.82, 2.24) is 4.31 Å². The maximum absolute atomic E-state index is 13.0. The molecule has 168 valence electrons. The van der Waals surface area contributed by atoms with E-state index in [-0.39, 0.29) is 10.8 Å². The lowest BCUT2D eigenvalue weighted by Crippen LogP contribution is -2.36. The molecular formula is C24H32N2O4S. The molecule has 6 nitrogen and oxygen atoms in total. The first kappa shape index (κ1) is 23.4. The number of nitrogens with one attached hydrogen (secondary N) is 1. The van der Waals surface area contributed by atoms with Crippen molar-refractivity contribution < 1.29 is 17.9 Å². The highest BCUT2D eigenvalue weighted by Crippen LogP contribution is 2.26. The minimum atomic E-state index is -3.54. The van der Waals surface area contributed by atoms with Crippen molar-refractivity contribution in [2.45, 2.75) is 50.3 Å². The number of benzene rings is 2. The van der Waals surface area contributed by atoms with E-state index < -0.39 is 10.0 Å². The van der Waals surface area contributed by atoms with Crippen LogP contribution < -0.4 is 5.32 Å². The molecule has 0 saturated carbocycles. The number of hydrogen-bond acceptors (Lipinski definition) is 4. The first-order valence-electron chi connectivity index (χ1n) is 11.0. The molecule has 0 bridgehead atoms. The minimum Gasteiger partial charge on any atom is -0.381 e. The van der Waals surface area contributed by atoms with Crippen molar-refractivity contribution in [3.63, 3.8) is 0 Å². The van der Waals surface area contributed by atoms with Gasteiger partial charge in [-0.15, -0.1) is 0 Å². The fourth-order valence-corrected chi connectivity index (χ4v) is 5.46. The highest BCUT2D eigenvalue weighted by atomic mass is 32.2. The number of piperidine rings is 1. The summed E-state index contributed by atoms with van der Waals surface area (Å²) in [6, 6.07) is 15.2. The number of rotatable bonds is 10. The average molecular weight is 445 g/mol. The van der Waals surface area contributed by atoms with Crippen molar-refractivity contribution in [3.8, 4) is 0 Å². The maximum Gasteiger partial charge on any atom is 0.243 e. The number of ether oxygens (including phenoxy) is 1. The Hall–Kier alpha value is -2.22. The third-order valence-electron chi connectivity index (χ3n) is 5.48. The summed E-state index contributed by atoms with van der Waals surface area (Å²) in [5.41, 5.74) is 2.43. The van der Waals surface area contributed by atoms with E-state index in [0.29, 0.717) is 50.4 Å². The van der Waals surface area contributed by atoms with Gasteiger partial charge in [0.1, 0.15) is 0 Å². The first-order valence-corrected chi connectivity index (χ1v) is 12.4.